The highest BCUT2D eigenvalue weighted by Crippen LogP contribution is 2.58. The summed E-state index contributed by atoms with van der Waals surface area (Å²) in [5.74, 6) is -5.09. The van der Waals surface area contributed by atoms with Crippen LogP contribution in [0.15, 0.2) is 9.32 Å². The molecule has 0 radical (unpaired) electrons. The van der Waals surface area contributed by atoms with Crippen LogP contribution in [-0.2, 0) is 4.57 Å². The van der Waals surface area contributed by atoms with Gasteiger partial charge in [-0.05, 0) is 59.9 Å². The van der Waals surface area contributed by atoms with Crippen LogP contribution in [0, 0.1) is 20.8 Å². The second-order valence-corrected chi connectivity index (χ2v) is 9.69. The van der Waals surface area contributed by atoms with E-state index < -0.39 is 11.8 Å². The van der Waals surface area contributed by atoms with Crippen LogP contribution in [0.25, 0.3) is 11.4 Å². The molecule has 2 aromatic rings. The van der Waals surface area contributed by atoms with Crippen LogP contribution in [0.2, 0.25) is 10.0 Å². The first-order valence-electron chi connectivity index (χ1n) is 5.61. The van der Waals surface area contributed by atoms with Gasteiger partial charge in [-0.15, -0.1) is 0 Å². The van der Waals surface area contributed by atoms with E-state index in [0.717, 1.165) is 0 Å². The van der Waals surface area contributed by atoms with E-state index >= 15 is 0 Å². The summed E-state index contributed by atoms with van der Waals surface area (Å²) in [5, 5.41) is 4.41. The fourth-order valence-electron chi connectivity index (χ4n) is 2.10. The van der Waals surface area contributed by atoms with E-state index in [1.165, 1.54) is 0 Å². The van der Waals surface area contributed by atoms with E-state index in [0.29, 0.717) is 36.6 Å². The zero-order valence-electron chi connectivity index (χ0n) is 11.1. The summed E-state index contributed by atoms with van der Waals surface area (Å²) in [7, 11) is 0. The third-order valence-corrected chi connectivity index (χ3v) is 5.97. The smallest absolute Gasteiger partial charge is 0.295 e. The third-order valence-electron chi connectivity index (χ3n) is 3.11. The lowest BCUT2D eigenvalue weighted by Gasteiger charge is -2.15. The van der Waals surface area contributed by atoms with Gasteiger partial charge in [-0.2, -0.15) is 4.34 Å². The molecule has 0 aliphatic carbocycles. The Labute approximate surface area is 139 Å². The Balaban J connectivity index is 2.94. The molecule has 0 bridgehead atoms. The van der Waals surface area contributed by atoms with Gasteiger partial charge in [0.15, 0.2) is 5.82 Å². The maximum absolute atomic E-state index is 11.9. The van der Waals surface area contributed by atoms with Crippen LogP contribution in [0.1, 0.15) is 16.7 Å². The largest absolute Gasteiger partial charge is 0.449 e. The number of nitrogens with zero attached hydrogens (tertiary/aromatic N) is 2. The molecule has 0 saturated carbocycles. The van der Waals surface area contributed by atoms with Gasteiger partial charge >= 0.3 is 11.8 Å². The van der Waals surface area contributed by atoms with E-state index in [2.05, 4.69) is 9.68 Å². The van der Waals surface area contributed by atoms with E-state index in [4.69, 9.17) is 45.7 Å². The van der Waals surface area contributed by atoms with Crippen molar-refractivity contribution in [3.8, 4) is 11.4 Å². The van der Waals surface area contributed by atoms with Crippen molar-refractivity contribution in [2.75, 3.05) is 0 Å². The number of aromatic nitrogens is 2. The Morgan fingerprint density at radius 2 is 1.52 bits per heavy atom. The lowest BCUT2D eigenvalue weighted by molar-refractivity contribution is 0.385. The first-order chi connectivity index (χ1) is 9.57. The highest BCUT2D eigenvalue weighted by Gasteiger charge is 2.30. The zero-order valence-corrected chi connectivity index (χ0v) is 15.0. The molecule has 0 amide bonds. The highest BCUT2D eigenvalue weighted by molar-refractivity contribution is 8.07. The van der Waals surface area contributed by atoms with E-state index in [-0.39, 0.29) is 5.82 Å². The van der Waals surface area contributed by atoms with Crippen molar-refractivity contribution >= 4 is 51.7 Å². The summed E-state index contributed by atoms with van der Waals surface area (Å²) >= 11 is 23.6. The molecule has 1 aromatic heterocycles. The van der Waals surface area contributed by atoms with Crippen molar-refractivity contribution in [1.82, 2.24) is 9.49 Å². The molecule has 2 rings (SSSR count). The molecule has 0 aliphatic rings. The topological polar surface area (TPSA) is 65.1 Å². The van der Waals surface area contributed by atoms with Crippen LogP contribution in [0.5, 0.6) is 0 Å². The maximum Gasteiger partial charge on any atom is 0.449 e. The molecule has 0 unspecified atom stereocenters. The molecule has 21 heavy (non-hydrogen) atoms. The highest BCUT2D eigenvalue weighted by atomic mass is 35.9. The molecule has 1 aromatic carbocycles. The fraction of sp³-hybridized carbons (Fsp3) is 0.273. The van der Waals surface area contributed by atoms with Gasteiger partial charge in [0.05, 0.1) is 0 Å². The number of rotatable bonds is 2. The average molecular weight is 390 g/mol. The molecule has 5 nitrogen and oxygen atoms in total. The van der Waals surface area contributed by atoms with Gasteiger partial charge < -0.3 is 0 Å². The average Bonchev–Trinajstić information content (AvgIpc) is 2.76. The molecular weight excluding hydrogens is 381 g/mol. The summed E-state index contributed by atoms with van der Waals surface area (Å²) in [6.07, 6.45) is 0. The molecule has 0 atom stereocenters. The molecule has 0 saturated heterocycles. The lowest BCUT2D eigenvalue weighted by Crippen LogP contribution is -2.11. The van der Waals surface area contributed by atoms with E-state index in [1.54, 1.807) is 20.8 Å². The third kappa shape index (κ3) is 2.78. The number of hydrogen-bond donors (Lipinski definition) is 0. The van der Waals surface area contributed by atoms with Gasteiger partial charge in [0.1, 0.15) is 0 Å². The van der Waals surface area contributed by atoms with Gasteiger partial charge in [0.2, 0.25) is 0 Å². The predicted octanol–water partition coefficient (Wildman–Crippen LogP) is 5.17. The molecule has 0 aliphatic heterocycles. The summed E-state index contributed by atoms with van der Waals surface area (Å²) in [4.78, 5) is 11.6. The second kappa shape index (κ2) is 5.64. The van der Waals surface area contributed by atoms with Crippen molar-refractivity contribution in [2.45, 2.75) is 20.8 Å². The Morgan fingerprint density at radius 3 is 1.95 bits per heavy atom. The standard InChI is InChI=1S/C11H9Cl4N2O3P/c1-4-7(5(2)9(13)6(3)8(4)12)10-16-20-11(18)17(10)21(14,15)19/h1-3H3. The Kier molecular flexibility index (Phi) is 4.54. The van der Waals surface area contributed by atoms with Gasteiger partial charge in [-0.3, -0.25) is 9.09 Å². The quantitative estimate of drug-likeness (QED) is 0.664. The number of benzene rings is 1. The van der Waals surface area contributed by atoms with Gasteiger partial charge in [-0.1, -0.05) is 28.4 Å². The van der Waals surface area contributed by atoms with Crippen LogP contribution in [0.4, 0.5) is 0 Å². The van der Waals surface area contributed by atoms with Gasteiger partial charge in [0, 0.05) is 15.6 Å². The number of halogens is 4. The summed E-state index contributed by atoms with van der Waals surface area (Å²) in [5.41, 5.74) is 2.29. The number of hydrogen-bond acceptors (Lipinski definition) is 4. The predicted molar refractivity (Wildman–Crippen MR) is 85.1 cm³/mol. The second-order valence-electron chi connectivity index (χ2n) is 4.40. The Bertz CT molecular complexity index is 808. The van der Waals surface area contributed by atoms with Crippen LogP contribution in [-0.4, -0.2) is 9.49 Å². The van der Waals surface area contributed by atoms with Crippen molar-refractivity contribution in [1.29, 1.82) is 0 Å². The first kappa shape index (κ1) is 16.9. The minimum Gasteiger partial charge on any atom is -0.295 e. The lowest BCUT2D eigenvalue weighted by atomic mass is 9.99. The summed E-state index contributed by atoms with van der Waals surface area (Å²) in [6.45, 7) is 5.19. The van der Waals surface area contributed by atoms with Crippen LogP contribution in [0.3, 0.4) is 0 Å². The normalized spacial score (nSPS) is 12.0. The molecular formula is C11H9Cl4N2O3P. The van der Waals surface area contributed by atoms with Crippen molar-refractivity contribution in [2.24, 2.45) is 0 Å². The molecule has 10 heteroatoms. The van der Waals surface area contributed by atoms with Gasteiger partial charge in [0.25, 0.3) is 0 Å². The monoisotopic (exact) mass is 388 g/mol. The van der Waals surface area contributed by atoms with Crippen LogP contribution >= 0.6 is 51.7 Å². The van der Waals surface area contributed by atoms with Crippen LogP contribution < -0.4 is 5.76 Å². The minimum absolute atomic E-state index is 0.0767. The molecule has 1 heterocycles. The molecule has 0 N–H and O–H groups in total. The Morgan fingerprint density at radius 1 is 1.05 bits per heavy atom. The first-order valence-corrected chi connectivity index (χ1v) is 9.84. The molecule has 0 fully saturated rings. The maximum atomic E-state index is 11.9. The van der Waals surface area contributed by atoms with Crippen molar-refractivity contribution in [3.05, 3.63) is 37.3 Å². The minimum atomic E-state index is -3.99. The van der Waals surface area contributed by atoms with E-state index in [1.807, 2.05) is 0 Å². The Hall–Kier alpha value is -0.450. The summed E-state index contributed by atoms with van der Waals surface area (Å²) in [6, 6.07) is 0. The summed E-state index contributed by atoms with van der Waals surface area (Å²) < 4.78 is 17.0. The van der Waals surface area contributed by atoms with Crippen molar-refractivity contribution < 1.29 is 9.09 Å². The molecule has 114 valence electrons. The van der Waals surface area contributed by atoms with Crippen molar-refractivity contribution in [3.63, 3.8) is 0 Å². The molecule has 0 spiro atoms. The zero-order chi connectivity index (χ0) is 16.1. The van der Waals surface area contributed by atoms with E-state index in [9.17, 15) is 9.36 Å². The fourth-order valence-corrected chi connectivity index (χ4v) is 3.91. The van der Waals surface area contributed by atoms with Gasteiger partial charge in [-0.25, -0.2) is 4.79 Å². The SMILES string of the molecule is Cc1c(Cl)c(C)c(-c2noc(=O)n2P(=O)(Cl)Cl)c(C)c1Cl.